The third kappa shape index (κ3) is 3.23. The van der Waals surface area contributed by atoms with E-state index in [1.165, 1.54) is 6.07 Å². The van der Waals surface area contributed by atoms with Gasteiger partial charge in [0.25, 0.3) is 15.9 Å². The maximum absolute atomic E-state index is 12.9. The summed E-state index contributed by atoms with van der Waals surface area (Å²) in [5, 5.41) is 1.33. The topological polar surface area (TPSA) is 81.7 Å². The smallest absolute Gasteiger partial charge is 0.267 e. The molecule has 1 aliphatic rings. The Labute approximate surface area is 163 Å². The van der Waals surface area contributed by atoms with Crippen molar-refractivity contribution in [3.05, 3.63) is 71.8 Å². The number of benzene rings is 3. The van der Waals surface area contributed by atoms with Crippen molar-refractivity contribution < 1.29 is 22.7 Å². The molecule has 0 saturated carbocycles. The molecule has 6 nitrogen and oxygen atoms in total. The average Bonchev–Trinajstić information content (AvgIpc) is 2.72. The van der Waals surface area contributed by atoms with E-state index in [1.54, 1.807) is 37.4 Å². The number of nitrogens with one attached hydrogen (secondary N) is 1. The van der Waals surface area contributed by atoms with Crippen molar-refractivity contribution in [2.75, 3.05) is 13.7 Å². The number of sulfonamides is 1. The van der Waals surface area contributed by atoms with Gasteiger partial charge in [-0.1, -0.05) is 48.5 Å². The van der Waals surface area contributed by atoms with Gasteiger partial charge in [0.05, 0.1) is 18.6 Å². The standard InChI is InChI=1S/C21H19NO5S/c1-26-18-10-5-9-17-16(18)12-13-27-20(17)21(23)22-28(24,25)19-11-4-7-14-6-2-3-8-15(14)19/h2-11,20H,12-13H2,1H3,(H,22,23). The molecule has 1 unspecified atom stereocenters. The Morgan fingerprint density at radius 2 is 1.82 bits per heavy atom. The number of carbonyl (C=O) groups is 1. The van der Waals surface area contributed by atoms with Gasteiger partial charge >= 0.3 is 0 Å². The first-order valence-electron chi connectivity index (χ1n) is 8.83. The van der Waals surface area contributed by atoms with E-state index in [4.69, 9.17) is 9.47 Å². The number of rotatable bonds is 4. The van der Waals surface area contributed by atoms with Crippen molar-refractivity contribution in [2.45, 2.75) is 17.4 Å². The van der Waals surface area contributed by atoms with E-state index in [2.05, 4.69) is 4.72 Å². The van der Waals surface area contributed by atoms with Crippen LogP contribution in [0.4, 0.5) is 0 Å². The molecule has 1 aliphatic heterocycles. The van der Waals surface area contributed by atoms with Crippen molar-refractivity contribution in [1.29, 1.82) is 0 Å². The minimum absolute atomic E-state index is 0.0561. The van der Waals surface area contributed by atoms with Crippen molar-refractivity contribution in [3.8, 4) is 5.75 Å². The SMILES string of the molecule is COc1cccc2c1CCOC2C(=O)NS(=O)(=O)c1cccc2ccccc12. The van der Waals surface area contributed by atoms with E-state index in [-0.39, 0.29) is 4.90 Å². The molecule has 0 bridgehead atoms. The lowest BCUT2D eigenvalue weighted by Crippen LogP contribution is -2.37. The minimum atomic E-state index is -4.06. The van der Waals surface area contributed by atoms with Gasteiger partial charge in [0.1, 0.15) is 5.75 Å². The molecule has 1 heterocycles. The second-order valence-corrected chi connectivity index (χ2v) is 8.13. The Hall–Kier alpha value is -2.90. The lowest BCUT2D eigenvalue weighted by Gasteiger charge is -2.26. The fourth-order valence-corrected chi connectivity index (χ4v) is 4.76. The summed E-state index contributed by atoms with van der Waals surface area (Å²) in [5.41, 5.74) is 1.48. The van der Waals surface area contributed by atoms with Crippen molar-refractivity contribution in [2.24, 2.45) is 0 Å². The largest absolute Gasteiger partial charge is 0.496 e. The molecule has 0 radical (unpaired) electrons. The average molecular weight is 397 g/mol. The third-order valence-electron chi connectivity index (χ3n) is 4.82. The molecule has 1 N–H and O–H groups in total. The summed E-state index contributed by atoms with van der Waals surface area (Å²) in [6.07, 6.45) is -0.414. The Kier molecular flexibility index (Phi) is 4.78. The first kappa shape index (κ1) is 18.5. The maximum atomic E-state index is 12.9. The van der Waals surface area contributed by atoms with E-state index in [9.17, 15) is 13.2 Å². The van der Waals surface area contributed by atoms with Crippen LogP contribution < -0.4 is 9.46 Å². The van der Waals surface area contributed by atoms with Crippen LogP contribution in [0.5, 0.6) is 5.75 Å². The molecule has 0 fully saturated rings. The molecular formula is C21H19NO5S. The molecule has 3 aromatic rings. The number of carbonyl (C=O) groups excluding carboxylic acids is 1. The van der Waals surface area contributed by atoms with E-state index < -0.39 is 22.0 Å². The van der Waals surface area contributed by atoms with Crippen LogP contribution in [0.25, 0.3) is 10.8 Å². The maximum Gasteiger partial charge on any atom is 0.267 e. The number of hydrogen-bond donors (Lipinski definition) is 1. The molecule has 28 heavy (non-hydrogen) atoms. The molecule has 0 aromatic heterocycles. The lowest BCUT2D eigenvalue weighted by molar-refractivity contribution is -0.132. The van der Waals surface area contributed by atoms with Gasteiger partial charge in [-0.05, 0) is 29.5 Å². The highest BCUT2D eigenvalue weighted by molar-refractivity contribution is 7.90. The summed E-state index contributed by atoms with van der Waals surface area (Å²) in [4.78, 5) is 12.9. The molecule has 7 heteroatoms. The fourth-order valence-electron chi connectivity index (χ4n) is 3.54. The molecule has 1 atom stereocenters. The van der Waals surface area contributed by atoms with Crippen molar-refractivity contribution in [3.63, 3.8) is 0 Å². The number of methoxy groups -OCH3 is 1. The van der Waals surface area contributed by atoms with Gasteiger partial charge in [-0.15, -0.1) is 0 Å². The predicted molar refractivity (Wildman–Crippen MR) is 105 cm³/mol. The Morgan fingerprint density at radius 1 is 1.07 bits per heavy atom. The zero-order valence-corrected chi connectivity index (χ0v) is 16.0. The molecule has 3 aromatic carbocycles. The van der Waals surface area contributed by atoms with Crippen molar-refractivity contribution >= 4 is 26.7 Å². The fraction of sp³-hybridized carbons (Fsp3) is 0.190. The number of fused-ring (bicyclic) bond motifs is 2. The van der Waals surface area contributed by atoms with E-state index >= 15 is 0 Å². The Balaban J connectivity index is 1.68. The highest BCUT2D eigenvalue weighted by Gasteiger charge is 2.32. The van der Waals surface area contributed by atoms with Crippen LogP contribution in [0, 0.1) is 0 Å². The number of hydrogen-bond acceptors (Lipinski definition) is 5. The Morgan fingerprint density at radius 3 is 2.64 bits per heavy atom. The van der Waals surface area contributed by atoms with E-state index in [1.807, 2.05) is 24.3 Å². The second kappa shape index (κ2) is 7.26. The number of amides is 1. The van der Waals surface area contributed by atoms with Crippen LogP contribution in [-0.4, -0.2) is 28.0 Å². The summed E-state index contributed by atoms with van der Waals surface area (Å²) < 4.78 is 39.0. The van der Waals surface area contributed by atoms with Crippen LogP contribution >= 0.6 is 0 Å². The molecule has 1 amide bonds. The molecule has 0 spiro atoms. The van der Waals surface area contributed by atoms with Crippen molar-refractivity contribution in [1.82, 2.24) is 4.72 Å². The molecule has 144 valence electrons. The van der Waals surface area contributed by atoms with Crippen LogP contribution in [-0.2, 0) is 26.0 Å². The second-order valence-electron chi connectivity index (χ2n) is 6.48. The van der Waals surface area contributed by atoms with Gasteiger partial charge in [-0.25, -0.2) is 13.1 Å². The van der Waals surface area contributed by atoms with Crippen LogP contribution in [0.3, 0.4) is 0 Å². The predicted octanol–water partition coefficient (Wildman–Crippen LogP) is 2.97. The number of ether oxygens (including phenoxy) is 2. The first-order chi connectivity index (χ1) is 13.5. The van der Waals surface area contributed by atoms with Crippen LogP contribution in [0.1, 0.15) is 17.2 Å². The zero-order valence-electron chi connectivity index (χ0n) is 15.2. The quantitative estimate of drug-likeness (QED) is 0.732. The first-order valence-corrected chi connectivity index (χ1v) is 10.3. The van der Waals surface area contributed by atoms with Gasteiger partial charge in [0.15, 0.2) is 6.10 Å². The summed E-state index contributed by atoms with van der Waals surface area (Å²) in [7, 11) is -2.50. The van der Waals surface area contributed by atoms with Crippen LogP contribution in [0.15, 0.2) is 65.6 Å². The van der Waals surface area contributed by atoms with Gasteiger partial charge in [-0.2, -0.15) is 0 Å². The molecule has 0 aliphatic carbocycles. The van der Waals surface area contributed by atoms with E-state index in [0.717, 1.165) is 10.9 Å². The van der Waals surface area contributed by atoms with Gasteiger partial charge < -0.3 is 9.47 Å². The lowest BCUT2D eigenvalue weighted by atomic mass is 9.96. The summed E-state index contributed by atoms with van der Waals surface area (Å²) in [6, 6.07) is 17.4. The molecule has 0 saturated heterocycles. The third-order valence-corrected chi connectivity index (χ3v) is 6.23. The van der Waals surface area contributed by atoms with Crippen LogP contribution in [0.2, 0.25) is 0 Å². The van der Waals surface area contributed by atoms with Gasteiger partial charge in [0.2, 0.25) is 0 Å². The highest BCUT2D eigenvalue weighted by Crippen LogP contribution is 2.33. The molecule has 4 rings (SSSR count). The summed E-state index contributed by atoms with van der Waals surface area (Å²) >= 11 is 0. The highest BCUT2D eigenvalue weighted by atomic mass is 32.2. The normalized spacial score (nSPS) is 16.4. The monoisotopic (exact) mass is 397 g/mol. The molecular weight excluding hydrogens is 378 g/mol. The summed E-state index contributed by atoms with van der Waals surface area (Å²) in [6.45, 7) is 0.305. The van der Waals surface area contributed by atoms with Gasteiger partial charge in [0, 0.05) is 10.9 Å². The van der Waals surface area contributed by atoms with E-state index in [0.29, 0.717) is 29.7 Å². The minimum Gasteiger partial charge on any atom is -0.496 e. The Bertz CT molecular complexity index is 1150. The zero-order chi connectivity index (χ0) is 19.7. The summed E-state index contributed by atoms with van der Waals surface area (Å²) in [5.74, 6) is -0.0577. The van der Waals surface area contributed by atoms with Gasteiger partial charge in [-0.3, -0.25) is 4.79 Å².